The summed E-state index contributed by atoms with van der Waals surface area (Å²) in [6, 6.07) is 5.73. The Morgan fingerprint density at radius 3 is 2.61 bits per heavy atom. The molecule has 1 saturated heterocycles. The van der Waals surface area contributed by atoms with Crippen LogP contribution in [0, 0.1) is 0 Å². The Morgan fingerprint density at radius 1 is 1.29 bits per heavy atom. The van der Waals surface area contributed by atoms with Gasteiger partial charge in [0.1, 0.15) is 0 Å². The van der Waals surface area contributed by atoms with Crippen LogP contribution in [-0.2, 0) is 14.3 Å². The van der Waals surface area contributed by atoms with Crippen LogP contribution in [-0.4, -0.2) is 54.3 Å². The zero-order valence-electron chi connectivity index (χ0n) is 15.1. The lowest BCUT2D eigenvalue weighted by molar-refractivity contribution is -0.204. The van der Waals surface area contributed by atoms with Gasteiger partial charge in [0.2, 0.25) is 5.90 Å². The predicted octanol–water partition coefficient (Wildman–Crippen LogP) is 3.78. The van der Waals surface area contributed by atoms with Gasteiger partial charge in [-0.25, -0.2) is 4.79 Å². The van der Waals surface area contributed by atoms with Gasteiger partial charge in [-0.05, 0) is 44.4 Å². The van der Waals surface area contributed by atoms with Crippen molar-refractivity contribution in [3.8, 4) is 0 Å². The minimum Gasteiger partial charge on any atom is -0.462 e. The number of amidine groups is 1. The van der Waals surface area contributed by atoms with Gasteiger partial charge < -0.3 is 14.4 Å². The molecule has 2 aliphatic heterocycles. The molecule has 1 aromatic carbocycles. The Kier molecular flexibility index (Phi) is 5.83. The third-order valence-corrected chi connectivity index (χ3v) is 4.60. The summed E-state index contributed by atoms with van der Waals surface area (Å²) in [6.45, 7) is 2.11. The number of likely N-dealkylation sites (tertiary alicyclic amines) is 1. The summed E-state index contributed by atoms with van der Waals surface area (Å²) in [5.74, 6) is -1.98. The number of esters is 1. The predicted molar refractivity (Wildman–Crippen MR) is 97.4 cm³/mol. The van der Waals surface area contributed by atoms with Crippen LogP contribution in [0.1, 0.15) is 31.7 Å². The molecule has 0 amide bonds. The minimum atomic E-state index is -5.12. The first-order chi connectivity index (χ1) is 13.3. The van der Waals surface area contributed by atoms with Gasteiger partial charge in [0.05, 0.1) is 6.61 Å². The summed E-state index contributed by atoms with van der Waals surface area (Å²) in [5, 5.41) is 0.291. The Morgan fingerprint density at radius 2 is 2.00 bits per heavy atom. The quantitative estimate of drug-likeness (QED) is 0.702. The Balaban J connectivity index is 2.14. The molecule has 1 aromatic rings. The average molecular weight is 418 g/mol. The number of carbonyl (C=O) groups excluding carboxylic acids is 1. The topological polar surface area (TPSA) is 63.5 Å². The van der Waals surface area contributed by atoms with E-state index in [1.54, 1.807) is 17.0 Å². The van der Waals surface area contributed by atoms with Gasteiger partial charge >= 0.3 is 17.8 Å². The first-order valence-corrected chi connectivity index (χ1v) is 9.27. The molecule has 152 valence electrons. The SMILES string of the molecule is CCOC(=O)[C@]1(C(F)(F)F)N=C(c2cccc(Cl)c2)OC(N2CCCCC2)=N1. The van der Waals surface area contributed by atoms with Crippen LogP contribution in [0.25, 0.3) is 0 Å². The number of aliphatic imine (C=N–C) groups is 2. The van der Waals surface area contributed by atoms with Crippen molar-refractivity contribution in [1.82, 2.24) is 4.90 Å². The lowest BCUT2D eigenvalue weighted by atomic mass is 10.1. The number of hydrogen-bond donors (Lipinski definition) is 0. The molecule has 2 heterocycles. The molecule has 0 N–H and O–H groups in total. The van der Waals surface area contributed by atoms with Gasteiger partial charge in [-0.15, -0.1) is 0 Å². The van der Waals surface area contributed by atoms with E-state index in [2.05, 4.69) is 14.7 Å². The molecule has 1 atom stereocenters. The molecular weight excluding hydrogens is 399 g/mol. The molecule has 2 aliphatic rings. The number of halogens is 4. The van der Waals surface area contributed by atoms with E-state index in [9.17, 15) is 18.0 Å². The van der Waals surface area contributed by atoms with E-state index in [4.69, 9.17) is 16.3 Å². The highest BCUT2D eigenvalue weighted by atomic mass is 35.5. The summed E-state index contributed by atoms with van der Waals surface area (Å²) >= 11 is 5.96. The molecule has 0 aliphatic carbocycles. The van der Waals surface area contributed by atoms with Crippen molar-refractivity contribution < 1.29 is 27.4 Å². The third kappa shape index (κ3) is 3.94. The monoisotopic (exact) mass is 417 g/mol. The zero-order valence-corrected chi connectivity index (χ0v) is 15.9. The van der Waals surface area contributed by atoms with Gasteiger partial charge in [0.15, 0.2) is 0 Å². The Labute approximate surface area is 165 Å². The molecule has 10 heteroatoms. The molecule has 3 rings (SSSR count). The summed E-state index contributed by atoms with van der Waals surface area (Å²) < 4.78 is 52.5. The number of nitrogens with zero attached hydrogens (tertiary/aromatic N) is 3. The fraction of sp³-hybridized carbons (Fsp3) is 0.500. The fourth-order valence-corrected chi connectivity index (χ4v) is 3.16. The van der Waals surface area contributed by atoms with E-state index in [0.29, 0.717) is 18.1 Å². The highest BCUT2D eigenvalue weighted by molar-refractivity contribution is 6.31. The Bertz CT molecular complexity index is 807. The molecule has 0 bridgehead atoms. The van der Waals surface area contributed by atoms with Crippen molar-refractivity contribution in [2.75, 3.05) is 19.7 Å². The summed E-state index contributed by atoms with van der Waals surface area (Å²) in [6.07, 6.45) is -2.59. The number of piperidine rings is 1. The lowest BCUT2D eigenvalue weighted by Gasteiger charge is -2.35. The number of carbonyl (C=O) groups is 1. The van der Waals surface area contributed by atoms with Crippen LogP contribution in [0.2, 0.25) is 5.02 Å². The molecular formula is C18H19ClF3N3O3. The number of benzene rings is 1. The highest BCUT2D eigenvalue weighted by Crippen LogP contribution is 2.39. The van der Waals surface area contributed by atoms with E-state index in [1.807, 2.05) is 0 Å². The summed E-state index contributed by atoms with van der Waals surface area (Å²) in [7, 11) is 0. The second kappa shape index (κ2) is 7.98. The maximum Gasteiger partial charge on any atom is 0.446 e. The highest BCUT2D eigenvalue weighted by Gasteiger charge is 2.65. The van der Waals surface area contributed by atoms with Crippen molar-refractivity contribution in [2.24, 2.45) is 9.98 Å². The summed E-state index contributed by atoms with van der Waals surface area (Å²) in [4.78, 5) is 21.2. The van der Waals surface area contributed by atoms with Crippen LogP contribution in [0.4, 0.5) is 13.2 Å². The van der Waals surface area contributed by atoms with Crippen LogP contribution in [0.15, 0.2) is 34.3 Å². The van der Waals surface area contributed by atoms with E-state index in [-0.39, 0.29) is 24.1 Å². The fourth-order valence-electron chi connectivity index (χ4n) is 2.97. The molecule has 28 heavy (non-hydrogen) atoms. The summed E-state index contributed by atoms with van der Waals surface area (Å²) in [5.41, 5.74) is -3.22. The molecule has 1 fully saturated rings. The Hall–Kier alpha value is -2.29. The maximum atomic E-state index is 14.1. The average Bonchev–Trinajstić information content (AvgIpc) is 2.67. The van der Waals surface area contributed by atoms with Gasteiger partial charge in [-0.3, -0.25) is 0 Å². The smallest absolute Gasteiger partial charge is 0.446 e. The van der Waals surface area contributed by atoms with Crippen molar-refractivity contribution in [1.29, 1.82) is 0 Å². The molecule has 6 nitrogen and oxygen atoms in total. The van der Waals surface area contributed by atoms with Gasteiger partial charge in [-0.1, -0.05) is 17.7 Å². The third-order valence-electron chi connectivity index (χ3n) is 4.36. The van der Waals surface area contributed by atoms with Gasteiger partial charge in [0.25, 0.3) is 6.02 Å². The van der Waals surface area contributed by atoms with Crippen molar-refractivity contribution in [3.05, 3.63) is 34.9 Å². The molecule has 0 saturated carbocycles. The van der Waals surface area contributed by atoms with Crippen LogP contribution >= 0.6 is 11.6 Å². The second-order valence-electron chi connectivity index (χ2n) is 6.36. The van der Waals surface area contributed by atoms with Gasteiger partial charge in [-0.2, -0.15) is 23.2 Å². The van der Waals surface area contributed by atoms with Crippen LogP contribution in [0.5, 0.6) is 0 Å². The minimum absolute atomic E-state index is 0.204. The van der Waals surface area contributed by atoms with E-state index < -0.39 is 17.8 Å². The first-order valence-electron chi connectivity index (χ1n) is 8.89. The number of alkyl halides is 3. The normalized spacial score (nSPS) is 22.8. The van der Waals surface area contributed by atoms with E-state index in [0.717, 1.165) is 19.3 Å². The zero-order chi connectivity index (χ0) is 20.4. The van der Waals surface area contributed by atoms with Crippen molar-refractivity contribution >= 4 is 29.5 Å². The molecule has 0 unspecified atom stereocenters. The first kappa shape index (κ1) is 20.4. The second-order valence-corrected chi connectivity index (χ2v) is 6.80. The molecule has 0 spiro atoms. The number of ether oxygens (including phenoxy) is 2. The maximum absolute atomic E-state index is 14.1. The molecule has 0 aromatic heterocycles. The van der Waals surface area contributed by atoms with Crippen molar-refractivity contribution in [2.45, 2.75) is 38.0 Å². The lowest BCUT2D eigenvalue weighted by Crippen LogP contribution is -2.55. The molecule has 0 radical (unpaired) electrons. The number of rotatable bonds is 3. The number of hydrogen-bond acceptors (Lipinski definition) is 6. The van der Waals surface area contributed by atoms with Crippen molar-refractivity contribution in [3.63, 3.8) is 0 Å². The van der Waals surface area contributed by atoms with Crippen LogP contribution in [0.3, 0.4) is 0 Å². The van der Waals surface area contributed by atoms with E-state index >= 15 is 0 Å². The standard InChI is InChI=1S/C18H19ClF3N3O3/c1-2-27-15(26)17(18(20,21)22)23-14(12-7-6-8-13(19)11-12)28-16(24-17)25-9-4-3-5-10-25/h6-8,11H,2-5,9-10H2,1H3/t17-/m0/s1. The van der Waals surface area contributed by atoms with E-state index in [1.165, 1.54) is 19.1 Å². The largest absolute Gasteiger partial charge is 0.462 e. The van der Waals surface area contributed by atoms with Gasteiger partial charge in [0, 0.05) is 23.7 Å². The van der Waals surface area contributed by atoms with Crippen LogP contribution < -0.4 is 0 Å².